The highest BCUT2D eigenvalue weighted by molar-refractivity contribution is 5.85. The van der Waals surface area contributed by atoms with E-state index in [1.165, 1.54) is 0 Å². The first-order valence-electron chi connectivity index (χ1n) is 4.30. The number of hydrogen-bond donors (Lipinski definition) is 3. The van der Waals surface area contributed by atoms with Crippen LogP contribution in [0.5, 0.6) is 0 Å². The maximum absolute atomic E-state index is 10.4. The van der Waals surface area contributed by atoms with Crippen LogP contribution in [0.25, 0.3) is 0 Å². The van der Waals surface area contributed by atoms with Gasteiger partial charge >= 0.3 is 5.97 Å². The highest BCUT2D eigenvalue weighted by atomic mass is 16.4. The molecule has 7 nitrogen and oxygen atoms in total. The smallest absolute Gasteiger partial charge is 0.357 e. The molecule has 1 amide bonds. The summed E-state index contributed by atoms with van der Waals surface area (Å²) in [4.78, 5) is 24.4. The van der Waals surface area contributed by atoms with Gasteiger partial charge in [-0.15, -0.1) is 0 Å². The van der Waals surface area contributed by atoms with Crippen molar-refractivity contribution >= 4 is 17.9 Å². The van der Waals surface area contributed by atoms with Crippen molar-refractivity contribution in [2.24, 2.45) is 5.73 Å². The number of carbonyl (C=O) groups is 2. The van der Waals surface area contributed by atoms with Crippen molar-refractivity contribution in [2.75, 3.05) is 11.9 Å². The van der Waals surface area contributed by atoms with Gasteiger partial charge in [-0.2, -0.15) is 4.98 Å². The van der Waals surface area contributed by atoms with Crippen LogP contribution in [0.3, 0.4) is 0 Å². The van der Waals surface area contributed by atoms with Gasteiger partial charge in [0.05, 0.1) is 0 Å². The molecule has 0 radical (unpaired) electrons. The number of primary amides is 1. The molecule has 15 heavy (non-hydrogen) atoms. The first kappa shape index (κ1) is 11.0. The van der Waals surface area contributed by atoms with Gasteiger partial charge in [0.2, 0.25) is 5.91 Å². The molecular weight excluding hydrogens is 202 g/mol. The van der Waals surface area contributed by atoms with Gasteiger partial charge in [0.1, 0.15) is 6.26 Å². The summed E-state index contributed by atoms with van der Waals surface area (Å²) in [5.74, 6) is -1.53. The molecule has 0 aliphatic carbocycles. The fraction of sp³-hybridized carbons (Fsp3) is 0.375. The van der Waals surface area contributed by atoms with Crippen LogP contribution in [0.1, 0.15) is 23.3 Å². The maximum atomic E-state index is 10.4. The van der Waals surface area contributed by atoms with Gasteiger partial charge in [-0.1, -0.05) is 0 Å². The molecule has 1 aromatic heterocycles. The third-order valence-corrected chi connectivity index (χ3v) is 1.60. The van der Waals surface area contributed by atoms with Gasteiger partial charge in [-0.3, -0.25) is 4.79 Å². The third kappa shape index (κ3) is 3.67. The Labute approximate surface area is 85.3 Å². The van der Waals surface area contributed by atoms with Crippen molar-refractivity contribution in [1.82, 2.24) is 4.98 Å². The number of nitrogens with one attached hydrogen (secondary N) is 1. The summed E-state index contributed by atoms with van der Waals surface area (Å²) in [5, 5.41) is 11.3. The van der Waals surface area contributed by atoms with E-state index >= 15 is 0 Å². The number of carboxylic acid groups (broad SMARTS) is 1. The summed E-state index contributed by atoms with van der Waals surface area (Å²) in [5.41, 5.74) is 4.77. The lowest BCUT2D eigenvalue weighted by Crippen LogP contribution is -2.12. The number of anilines is 1. The second kappa shape index (κ2) is 4.99. The topological polar surface area (TPSA) is 118 Å². The molecule has 1 heterocycles. The molecular formula is C8H11N3O4. The average molecular weight is 213 g/mol. The zero-order valence-corrected chi connectivity index (χ0v) is 7.90. The Morgan fingerprint density at radius 3 is 2.87 bits per heavy atom. The number of aromatic nitrogens is 1. The predicted molar refractivity (Wildman–Crippen MR) is 50.4 cm³/mol. The zero-order valence-electron chi connectivity index (χ0n) is 7.90. The number of hydrogen-bond acceptors (Lipinski definition) is 5. The molecule has 7 heteroatoms. The van der Waals surface area contributed by atoms with Crippen LogP contribution >= 0.6 is 0 Å². The van der Waals surface area contributed by atoms with E-state index in [1.54, 1.807) is 0 Å². The lowest BCUT2D eigenvalue weighted by Gasteiger charge is -1.98. The van der Waals surface area contributed by atoms with Gasteiger partial charge < -0.3 is 20.6 Å². The van der Waals surface area contributed by atoms with Crippen LogP contribution < -0.4 is 11.1 Å². The highest BCUT2D eigenvalue weighted by Gasteiger charge is 2.09. The SMILES string of the molecule is NC(=O)CCCNc1nc(C(=O)O)co1. The van der Waals surface area contributed by atoms with Crippen LogP contribution in [0.15, 0.2) is 10.7 Å². The summed E-state index contributed by atoms with van der Waals surface area (Å²) < 4.78 is 4.81. The van der Waals surface area contributed by atoms with Gasteiger partial charge in [-0.05, 0) is 6.42 Å². The second-order valence-corrected chi connectivity index (χ2v) is 2.84. The summed E-state index contributed by atoms with van der Waals surface area (Å²) in [6.07, 6.45) is 1.85. The number of oxazole rings is 1. The number of carboxylic acids is 1. The summed E-state index contributed by atoms with van der Waals surface area (Å²) >= 11 is 0. The van der Waals surface area contributed by atoms with E-state index in [4.69, 9.17) is 15.3 Å². The van der Waals surface area contributed by atoms with Crippen LogP contribution in [-0.4, -0.2) is 28.5 Å². The maximum Gasteiger partial charge on any atom is 0.357 e. The Morgan fingerprint density at radius 1 is 1.60 bits per heavy atom. The van der Waals surface area contributed by atoms with Crippen molar-refractivity contribution < 1.29 is 19.1 Å². The Morgan fingerprint density at radius 2 is 2.33 bits per heavy atom. The number of rotatable bonds is 6. The van der Waals surface area contributed by atoms with Crippen molar-refractivity contribution in [3.05, 3.63) is 12.0 Å². The molecule has 0 saturated carbocycles. The molecule has 0 fully saturated rings. The van der Waals surface area contributed by atoms with E-state index in [0.29, 0.717) is 13.0 Å². The Hall–Kier alpha value is -2.05. The predicted octanol–water partition coefficient (Wildman–Crippen LogP) is 0.0502. The first-order chi connectivity index (χ1) is 7.09. The molecule has 0 atom stereocenters. The highest BCUT2D eigenvalue weighted by Crippen LogP contribution is 2.07. The van der Waals surface area contributed by atoms with Crippen LogP contribution in [0.2, 0.25) is 0 Å². The monoisotopic (exact) mass is 213 g/mol. The lowest BCUT2D eigenvalue weighted by atomic mass is 10.3. The van der Waals surface area contributed by atoms with Crippen molar-refractivity contribution in [3.63, 3.8) is 0 Å². The van der Waals surface area contributed by atoms with Gasteiger partial charge in [0.25, 0.3) is 6.01 Å². The number of aromatic carboxylic acids is 1. The van der Waals surface area contributed by atoms with Gasteiger partial charge in [0, 0.05) is 13.0 Å². The second-order valence-electron chi connectivity index (χ2n) is 2.84. The number of amides is 1. The molecule has 0 spiro atoms. The summed E-state index contributed by atoms with van der Waals surface area (Å²) in [7, 11) is 0. The minimum Gasteiger partial charge on any atom is -0.476 e. The molecule has 0 aliphatic heterocycles. The van der Waals surface area contributed by atoms with E-state index in [0.717, 1.165) is 6.26 Å². The van der Waals surface area contributed by atoms with E-state index in [-0.39, 0.29) is 24.0 Å². The van der Waals surface area contributed by atoms with Gasteiger partial charge in [-0.25, -0.2) is 4.79 Å². The Bertz CT molecular complexity index is 361. The molecule has 1 rings (SSSR count). The van der Waals surface area contributed by atoms with Crippen LogP contribution in [0.4, 0.5) is 6.01 Å². The van der Waals surface area contributed by atoms with Crippen LogP contribution in [-0.2, 0) is 4.79 Å². The molecule has 1 aromatic rings. The molecule has 0 unspecified atom stereocenters. The minimum atomic E-state index is -1.15. The van der Waals surface area contributed by atoms with Crippen molar-refractivity contribution in [1.29, 1.82) is 0 Å². The zero-order chi connectivity index (χ0) is 11.3. The largest absolute Gasteiger partial charge is 0.476 e. The standard InChI is InChI=1S/C8H11N3O4/c9-6(12)2-1-3-10-8-11-5(4-15-8)7(13)14/h4H,1-3H2,(H2,9,12)(H,10,11)(H,13,14). The average Bonchev–Trinajstić information content (AvgIpc) is 2.60. The fourth-order valence-electron chi connectivity index (χ4n) is 0.911. The van der Waals surface area contributed by atoms with E-state index in [1.807, 2.05) is 0 Å². The minimum absolute atomic E-state index is 0.122. The fourth-order valence-corrected chi connectivity index (χ4v) is 0.911. The number of carbonyl (C=O) groups excluding carboxylic acids is 1. The number of nitrogens with two attached hydrogens (primary N) is 1. The molecule has 0 bridgehead atoms. The van der Waals surface area contributed by atoms with Gasteiger partial charge in [0.15, 0.2) is 5.69 Å². The summed E-state index contributed by atoms with van der Waals surface area (Å²) in [6.45, 7) is 0.447. The Kier molecular flexibility index (Phi) is 3.67. The van der Waals surface area contributed by atoms with E-state index < -0.39 is 5.97 Å². The molecule has 0 saturated heterocycles. The molecule has 4 N–H and O–H groups in total. The third-order valence-electron chi connectivity index (χ3n) is 1.60. The van der Waals surface area contributed by atoms with Crippen LogP contribution in [0, 0.1) is 0 Å². The van der Waals surface area contributed by atoms with Crippen molar-refractivity contribution in [2.45, 2.75) is 12.8 Å². The van der Waals surface area contributed by atoms with E-state index in [9.17, 15) is 9.59 Å². The quantitative estimate of drug-likeness (QED) is 0.574. The molecule has 0 aliphatic rings. The van der Waals surface area contributed by atoms with E-state index in [2.05, 4.69) is 10.3 Å². The summed E-state index contributed by atoms with van der Waals surface area (Å²) in [6, 6.07) is 0.122. The lowest BCUT2D eigenvalue weighted by molar-refractivity contribution is -0.118. The number of nitrogens with zero attached hydrogens (tertiary/aromatic N) is 1. The normalized spacial score (nSPS) is 9.87. The Balaban J connectivity index is 2.31. The van der Waals surface area contributed by atoms with Crippen molar-refractivity contribution in [3.8, 4) is 0 Å². The molecule has 82 valence electrons. The first-order valence-corrected chi connectivity index (χ1v) is 4.30. The molecule has 0 aromatic carbocycles.